The second-order valence-electron chi connectivity index (χ2n) is 5.56. The van der Waals surface area contributed by atoms with Crippen LogP contribution in [-0.2, 0) is 9.59 Å². The number of nitrogens with zero attached hydrogens (tertiary/aromatic N) is 1. The zero-order chi connectivity index (χ0) is 16.1. The number of hydrogen-bond donors (Lipinski definition) is 1. The number of rotatable bonds is 6. The van der Waals surface area contributed by atoms with Gasteiger partial charge in [-0.2, -0.15) is 0 Å². The molecule has 4 nitrogen and oxygen atoms in total. The zero-order valence-electron chi connectivity index (χ0n) is 12.6. The molecule has 2 rings (SSSR count). The Balaban J connectivity index is 1.96. The number of anilines is 1. The molecule has 120 valence electrons. The van der Waals surface area contributed by atoms with E-state index in [0.717, 1.165) is 25.7 Å². The fourth-order valence-electron chi connectivity index (χ4n) is 2.40. The van der Waals surface area contributed by atoms with Gasteiger partial charge in [0, 0.05) is 17.5 Å². The highest BCUT2D eigenvalue weighted by Gasteiger charge is 2.30. The van der Waals surface area contributed by atoms with Crippen LogP contribution < -0.4 is 5.32 Å². The van der Waals surface area contributed by atoms with Crippen molar-refractivity contribution in [3.63, 3.8) is 0 Å². The number of carbonyl (C=O) groups is 2. The van der Waals surface area contributed by atoms with Crippen LogP contribution in [0.25, 0.3) is 0 Å². The Morgan fingerprint density at radius 2 is 2.05 bits per heavy atom. The molecule has 1 N–H and O–H groups in total. The van der Waals surface area contributed by atoms with Crippen LogP contribution in [0.1, 0.15) is 32.6 Å². The van der Waals surface area contributed by atoms with Crippen molar-refractivity contribution in [1.29, 1.82) is 0 Å². The van der Waals surface area contributed by atoms with Gasteiger partial charge in [-0.15, -0.1) is 0 Å². The van der Waals surface area contributed by atoms with Crippen molar-refractivity contribution in [1.82, 2.24) is 4.90 Å². The maximum absolute atomic E-state index is 12.3. The molecular formula is C16H20Cl2N2O2. The van der Waals surface area contributed by atoms with Crippen LogP contribution in [0.3, 0.4) is 0 Å². The Labute approximate surface area is 140 Å². The summed E-state index contributed by atoms with van der Waals surface area (Å²) in [4.78, 5) is 26.1. The molecule has 22 heavy (non-hydrogen) atoms. The van der Waals surface area contributed by atoms with Gasteiger partial charge in [-0.25, -0.2) is 0 Å². The first-order valence-electron chi connectivity index (χ1n) is 7.55. The van der Waals surface area contributed by atoms with Crippen LogP contribution in [0, 0.1) is 5.92 Å². The first kappa shape index (κ1) is 17.1. The first-order valence-corrected chi connectivity index (χ1v) is 8.30. The van der Waals surface area contributed by atoms with Crippen LogP contribution in [0.4, 0.5) is 5.69 Å². The van der Waals surface area contributed by atoms with Gasteiger partial charge in [-0.1, -0.05) is 36.5 Å². The smallest absolute Gasteiger partial charge is 0.244 e. The van der Waals surface area contributed by atoms with E-state index >= 15 is 0 Å². The minimum atomic E-state index is -0.245. The van der Waals surface area contributed by atoms with Gasteiger partial charge < -0.3 is 10.2 Å². The quantitative estimate of drug-likeness (QED) is 0.850. The Bertz CT molecular complexity index is 559. The third kappa shape index (κ3) is 4.37. The SMILES string of the molecule is CCCN(CC(=O)Nc1ccc(Cl)cc1Cl)C(=O)C1CCC1. The molecule has 0 heterocycles. The van der Waals surface area contributed by atoms with Crippen LogP contribution in [0.15, 0.2) is 18.2 Å². The molecule has 0 spiro atoms. The van der Waals surface area contributed by atoms with Gasteiger partial charge in [0.1, 0.15) is 0 Å². The summed E-state index contributed by atoms with van der Waals surface area (Å²) in [5, 5.41) is 3.63. The molecule has 0 aromatic heterocycles. The van der Waals surface area contributed by atoms with E-state index in [2.05, 4.69) is 5.32 Å². The summed E-state index contributed by atoms with van der Waals surface area (Å²) >= 11 is 11.9. The Morgan fingerprint density at radius 3 is 2.59 bits per heavy atom. The topological polar surface area (TPSA) is 49.4 Å². The normalized spacial score (nSPS) is 14.3. The van der Waals surface area contributed by atoms with Crippen molar-refractivity contribution in [2.45, 2.75) is 32.6 Å². The molecule has 1 aromatic rings. The van der Waals surface area contributed by atoms with E-state index in [-0.39, 0.29) is 24.3 Å². The van der Waals surface area contributed by atoms with Gasteiger partial charge in [-0.05, 0) is 37.5 Å². The maximum atomic E-state index is 12.3. The largest absolute Gasteiger partial charge is 0.333 e. The number of amides is 2. The van der Waals surface area contributed by atoms with E-state index in [4.69, 9.17) is 23.2 Å². The van der Waals surface area contributed by atoms with Gasteiger partial charge in [0.2, 0.25) is 11.8 Å². The molecule has 0 atom stereocenters. The van der Waals surface area contributed by atoms with Gasteiger partial charge in [-0.3, -0.25) is 9.59 Å². The van der Waals surface area contributed by atoms with Crippen LogP contribution >= 0.6 is 23.2 Å². The molecule has 1 fully saturated rings. The Kier molecular flexibility index (Phi) is 6.09. The molecule has 0 saturated heterocycles. The predicted octanol–water partition coefficient (Wildman–Crippen LogP) is 3.97. The number of benzene rings is 1. The van der Waals surface area contributed by atoms with Gasteiger partial charge in [0.25, 0.3) is 0 Å². The first-order chi connectivity index (χ1) is 10.5. The number of nitrogens with one attached hydrogen (secondary N) is 1. The lowest BCUT2D eigenvalue weighted by atomic mass is 9.84. The van der Waals surface area contributed by atoms with E-state index in [0.29, 0.717) is 22.3 Å². The van der Waals surface area contributed by atoms with Crippen molar-refractivity contribution in [2.75, 3.05) is 18.4 Å². The van der Waals surface area contributed by atoms with E-state index in [1.807, 2.05) is 6.92 Å². The molecule has 1 aliphatic carbocycles. The summed E-state index contributed by atoms with van der Waals surface area (Å²) in [6, 6.07) is 4.88. The third-order valence-corrected chi connectivity index (χ3v) is 4.35. The zero-order valence-corrected chi connectivity index (χ0v) is 14.1. The molecule has 0 aliphatic heterocycles. The van der Waals surface area contributed by atoms with Crippen molar-refractivity contribution >= 4 is 40.7 Å². The van der Waals surface area contributed by atoms with Crippen LogP contribution in [0.2, 0.25) is 10.0 Å². The molecule has 0 radical (unpaired) electrons. The summed E-state index contributed by atoms with van der Waals surface area (Å²) in [6.07, 6.45) is 3.80. The molecule has 1 aromatic carbocycles. The minimum absolute atomic E-state index is 0.0577. The lowest BCUT2D eigenvalue weighted by Gasteiger charge is -2.31. The molecule has 2 amide bonds. The summed E-state index contributed by atoms with van der Waals surface area (Å²) in [5.74, 6) is -0.0609. The lowest BCUT2D eigenvalue weighted by molar-refractivity contribution is -0.140. The summed E-state index contributed by atoms with van der Waals surface area (Å²) < 4.78 is 0. The Morgan fingerprint density at radius 1 is 1.32 bits per heavy atom. The highest BCUT2D eigenvalue weighted by molar-refractivity contribution is 6.36. The fraction of sp³-hybridized carbons (Fsp3) is 0.500. The predicted molar refractivity (Wildman–Crippen MR) is 89.3 cm³/mol. The number of hydrogen-bond acceptors (Lipinski definition) is 2. The molecule has 1 saturated carbocycles. The second-order valence-corrected chi connectivity index (χ2v) is 6.40. The Hall–Kier alpha value is -1.26. The molecular weight excluding hydrogens is 323 g/mol. The highest BCUT2D eigenvalue weighted by Crippen LogP contribution is 2.28. The average Bonchev–Trinajstić information content (AvgIpc) is 2.39. The van der Waals surface area contributed by atoms with E-state index in [1.54, 1.807) is 23.1 Å². The van der Waals surface area contributed by atoms with Crippen LogP contribution in [-0.4, -0.2) is 29.8 Å². The van der Waals surface area contributed by atoms with Gasteiger partial charge in [0.15, 0.2) is 0 Å². The van der Waals surface area contributed by atoms with Gasteiger partial charge >= 0.3 is 0 Å². The minimum Gasteiger partial charge on any atom is -0.333 e. The van der Waals surface area contributed by atoms with Crippen molar-refractivity contribution in [3.8, 4) is 0 Å². The molecule has 0 bridgehead atoms. The fourth-order valence-corrected chi connectivity index (χ4v) is 2.86. The molecule has 6 heteroatoms. The number of carbonyl (C=O) groups excluding carboxylic acids is 2. The molecule has 1 aliphatic rings. The summed E-state index contributed by atoms with van der Waals surface area (Å²) in [7, 11) is 0. The highest BCUT2D eigenvalue weighted by atomic mass is 35.5. The van der Waals surface area contributed by atoms with Crippen molar-refractivity contribution in [3.05, 3.63) is 28.2 Å². The van der Waals surface area contributed by atoms with Crippen LogP contribution in [0.5, 0.6) is 0 Å². The monoisotopic (exact) mass is 342 g/mol. The average molecular weight is 343 g/mol. The van der Waals surface area contributed by atoms with E-state index in [9.17, 15) is 9.59 Å². The van der Waals surface area contributed by atoms with Gasteiger partial charge in [0.05, 0.1) is 17.3 Å². The third-order valence-electron chi connectivity index (χ3n) is 3.80. The van der Waals surface area contributed by atoms with Crippen molar-refractivity contribution in [2.24, 2.45) is 5.92 Å². The van der Waals surface area contributed by atoms with Crippen molar-refractivity contribution < 1.29 is 9.59 Å². The summed E-state index contributed by atoms with van der Waals surface area (Å²) in [5.41, 5.74) is 0.503. The standard InChI is InChI=1S/C16H20Cl2N2O2/c1-2-8-20(16(22)11-4-3-5-11)10-15(21)19-14-7-6-12(17)9-13(14)18/h6-7,9,11H,2-5,8,10H2,1H3,(H,19,21). The maximum Gasteiger partial charge on any atom is 0.244 e. The molecule has 0 unspecified atom stereocenters. The second kappa shape index (κ2) is 7.84. The lowest BCUT2D eigenvalue weighted by Crippen LogP contribution is -2.43. The van der Waals surface area contributed by atoms with E-state index in [1.165, 1.54) is 0 Å². The number of halogens is 2. The summed E-state index contributed by atoms with van der Waals surface area (Å²) in [6.45, 7) is 2.65. The van der Waals surface area contributed by atoms with E-state index < -0.39 is 0 Å².